The van der Waals surface area contributed by atoms with Crippen LogP contribution in [0.25, 0.3) is 0 Å². The molecule has 2 N–H and O–H groups in total. The van der Waals surface area contributed by atoms with E-state index in [0.717, 1.165) is 11.4 Å². The first-order valence-electron chi connectivity index (χ1n) is 9.51. The van der Waals surface area contributed by atoms with Gasteiger partial charge in [-0.15, -0.1) is 11.3 Å². The van der Waals surface area contributed by atoms with E-state index < -0.39 is 0 Å². The fourth-order valence-corrected chi connectivity index (χ4v) is 4.89. The van der Waals surface area contributed by atoms with Crippen LogP contribution in [0.1, 0.15) is 34.0 Å². The van der Waals surface area contributed by atoms with Crippen LogP contribution in [0.4, 0.5) is 5.69 Å². The lowest BCUT2D eigenvalue weighted by Gasteiger charge is -2.26. The number of para-hydroxylation sites is 1. The first-order valence-corrected chi connectivity index (χ1v) is 10.7. The van der Waals surface area contributed by atoms with Gasteiger partial charge in [0.15, 0.2) is 5.11 Å². The molecule has 3 heterocycles. The second-order valence-electron chi connectivity index (χ2n) is 6.93. The molecule has 1 fully saturated rings. The van der Waals surface area contributed by atoms with Crippen molar-refractivity contribution in [2.75, 3.05) is 11.9 Å². The summed E-state index contributed by atoms with van der Waals surface area (Å²) < 4.78 is 0. The third-order valence-corrected chi connectivity index (χ3v) is 6.31. The molecule has 0 aliphatic carbocycles. The number of hydrogen-bond donors (Lipinski definition) is 2. The number of nitrogens with zero attached hydrogens (tertiary/aromatic N) is 2. The van der Waals surface area contributed by atoms with E-state index in [1.807, 2.05) is 48.5 Å². The van der Waals surface area contributed by atoms with Crippen LogP contribution in [0.15, 0.2) is 66.9 Å². The number of pyridine rings is 1. The zero-order valence-electron chi connectivity index (χ0n) is 16.0. The van der Waals surface area contributed by atoms with Crippen LogP contribution >= 0.6 is 23.6 Å². The molecule has 1 saturated heterocycles. The van der Waals surface area contributed by atoms with Crippen molar-refractivity contribution < 1.29 is 4.79 Å². The maximum Gasteiger partial charge on any atom is 0.226 e. The van der Waals surface area contributed by atoms with Crippen LogP contribution < -0.4 is 10.6 Å². The molecule has 148 valence electrons. The maximum absolute atomic E-state index is 12.5. The van der Waals surface area contributed by atoms with E-state index in [9.17, 15) is 4.79 Å². The lowest BCUT2D eigenvalue weighted by atomic mass is 10.0. The van der Waals surface area contributed by atoms with Crippen LogP contribution in [-0.4, -0.2) is 27.4 Å². The number of aromatic nitrogens is 1. The molecule has 0 spiro atoms. The SMILES string of the molecule is Cc1ccc([C@H]2[C@H](c3ccccn3)NC(=S)N2CCC(=O)Nc2ccccc2)s1. The molecule has 29 heavy (non-hydrogen) atoms. The predicted octanol–water partition coefficient (Wildman–Crippen LogP) is 4.45. The van der Waals surface area contributed by atoms with Gasteiger partial charge in [0.2, 0.25) is 5.91 Å². The van der Waals surface area contributed by atoms with E-state index in [1.165, 1.54) is 9.75 Å². The molecule has 0 radical (unpaired) electrons. The molecule has 2 atom stereocenters. The summed E-state index contributed by atoms with van der Waals surface area (Å²) in [6, 6.07) is 19.7. The Morgan fingerprint density at radius 2 is 1.97 bits per heavy atom. The quantitative estimate of drug-likeness (QED) is 0.575. The van der Waals surface area contributed by atoms with Gasteiger partial charge in [0.25, 0.3) is 0 Å². The normalized spacial score (nSPS) is 18.5. The second kappa shape index (κ2) is 8.71. The molecule has 0 saturated carbocycles. The van der Waals surface area contributed by atoms with Crippen molar-refractivity contribution in [1.29, 1.82) is 0 Å². The van der Waals surface area contributed by atoms with Gasteiger partial charge in [0.05, 0.1) is 17.8 Å². The predicted molar refractivity (Wildman–Crippen MR) is 121 cm³/mol. The van der Waals surface area contributed by atoms with Crippen molar-refractivity contribution in [3.8, 4) is 0 Å². The summed E-state index contributed by atoms with van der Waals surface area (Å²) >= 11 is 7.40. The second-order valence-corrected chi connectivity index (χ2v) is 8.64. The Morgan fingerprint density at radius 3 is 2.66 bits per heavy atom. The molecule has 1 aliphatic rings. The van der Waals surface area contributed by atoms with E-state index in [0.29, 0.717) is 18.1 Å². The van der Waals surface area contributed by atoms with Crippen molar-refractivity contribution in [3.63, 3.8) is 0 Å². The summed E-state index contributed by atoms with van der Waals surface area (Å²) in [4.78, 5) is 21.6. The van der Waals surface area contributed by atoms with Crippen molar-refractivity contribution in [1.82, 2.24) is 15.2 Å². The standard InChI is InChI=1S/C22H22N4OS2/c1-15-10-11-18(29-15)21-20(17-9-5-6-13-23-17)25-22(28)26(21)14-12-19(27)24-16-7-3-2-4-8-16/h2-11,13,20-21H,12,14H2,1H3,(H,24,27)(H,25,28)/t20-,21-/m0/s1. The van der Waals surface area contributed by atoms with Crippen LogP contribution in [0.3, 0.4) is 0 Å². The van der Waals surface area contributed by atoms with Crippen molar-refractivity contribution in [2.45, 2.75) is 25.4 Å². The Morgan fingerprint density at radius 1 is 1.17 bits per heavy atom. The first-order chi connectivity index (χ1) is 14.1. The Balaban J connectivity index is 1.52. The van der Waals surface area contributed by atoms with Gasteiger partial charge in [0, 0.05) is 34.6 Å². The minimum atomic E-state index is -0.0427. The van der Waals surface area contributed by atoms with Gasteiger partial charge >= 0.3 is 0 Å². The third kappa shape index (κ3) is 4.46. The van der Waals surface area contributed by atoms with Crippen molar-refractivity contribution >= 4 is 40.3 Å². The van der Waals surface area contributed by atoms with Crippen LogP contribution in [-0.2, 0) is 4.79 Å². The summed E-state index contributed by atoms with van der Waals surface area (Å²) in [5.41, 5.74) is 1.75. The highest BCUT2D eigenvalue weighted by molar-refractivity contribution is 7.80. The van der Waals surface area contributed by atoms with Crippen molar-refractivity contribution in [2.24, 2.45) is 0 Å². The minimum Gasteiger partial charge on any atom is -0.352 e. The number of anilines is 1. The summed E-state index contributed by atoms with van der Waals surface area (Å²) in [6.07, 6.45) is 2.15. The number of benzene rings is 1. The number of nitrogens with one attached hydrogen (secondary N) is 2. The molecular weight excluding hydrogens is 400 g/mol. The molecule has 5 nitrogen and oxygen atoms in total. The molecular formula is C22H22N4OS2. The van der Waals surface area contributed by atoms with Gasteiger partial charge < -0.3 is 15.5 Å². The smallest absolute Gasteiger partial charge is 0.226 e. The molecule has 3 aromatic rings. The van der Waals surface area contributed by atoms with Crippen LogP contribution in [0, 0.1) is 6.92 Å². The Kier molecular flexibility index (Phi) is 5.87. The molecule has 0 unspecified atom stereocenters. The number of aryl methyl sites for hydroxylation is 1. The third-order valence-electron chi connectivity index (χ3n) is 4.89. The molecule has 2 aromatic heterocycles. The van der Waals surface area contributed by atoms with Gasteiger partial charge in [-0.25, -0.2) is 0 Å². The van der Waals surface area contributed by atoms with Crippen LogP contribution in [0.5, 0.6) is 0 Å². The van der Waals surface area contributed by atoms with E-state index in [1.54, 1.807) is 17.5 Å². The van der Waals surface area contributed by atoms with Crippen molar-refractivity contribution in [3.05, 3.63) is 82.3 Å². The van der Waals surface area contributed by atoms with Gasteiger partial charge in [-0.05, 0) is 55.5 Å². The lowest BCUT2D eigenvalue weighted by Crippen LogP contribution is -2.32. The average molecular weight is 423 g/mol. The number of carbonyl (C=O) groups excluding carboxylic acids is 1. The van der Waals surface area contributed by atoms with E-state index in [4.69, 9.17) is 12.2 Å². The van der Waals surface area contributed by atoms with Gasteiger partial charge in [0.1, 0.15) is 0 Å². The Hall–Kier alpha value is -2.77. The number of amides is 1. The maximum atomic E-state index is 12.5. The number of thiophene rings is 1. The summed E-state index contributed by atoms with van der Waals surface area (Å²) in [6.45, 7) is 2.64. The fraction of sp³-hybridized carbons (Fsp3) is 0.227. The molecule has 1 amide bonds. The van der Waals surface area contributed by atoms with Gasteiger partial charge in [-0.1, -0.05) is 24.3 Å². The Bertz CT molecular complexity index is 990. The van der Waals surface area contributed by atoms with E-state index >= 15 is 0 Å². The fourth-order valence-electron chi connectivity index (χ4n) is 3.53. The van der Waals surface area contributed by atoms with E-state index in [-0.39, 0.29) is 18.0 Å². The van der Waals surface area contributed by atoms with Gasteiger partial charge in [-0.2, -0.15) is 0 Å². The van der Waals surface area contributed by atoms with Gasteiger partial charge in [-0.3, -0.25) is 9.78 Å². The number of hydrogen-bond acceptors (Lipinski definition) is 4. The minimum absolute atomic E-state index is 0.0145. The largest absolute Gasteiger partial charge is 0.352 e. The number of rotatable bonds is 6. The average Bonchev–Trinajstić information content (AvgIpc) is 3.30. The zero-order valence-corrected chi connectivity index (χ0v) is 17.7. The summed E-state index contributed by atoms with van der Waals surface area (Å²) in [7, 11) is 0. The van der Waals surface area contributed by atoms with Crippen LogP contribution in [0.2, 0.25) is 0 Å². The highest BCUT2D eigenvalue weighted by atomic mass is 32.1. The molecule has 7 heteroatoms. The number of carbonyl (C=O) groups is 1. The summed E-state index contributed by atoms with van der Waals surface area (Å²) in [5, 5.41) is 7.02. The summed E-state index contributed by atoms with van der Waals surface area (Å²) in [5.74, 6) is -0.0265. The molecule has 0 bridgehead atoms. The highest BCUT2D eigenvalue weighted by Crippen LogP contribution is 2.41. The Labute approximate surface area is 179 Å². The highest BCUT2D eigenvalue weighted by Gasteiger charge is 2.40. The number of thiocarbonyl (C=S) groups is 1. The topological polar surface area (TPSA) is 57.3 Å². The lowest BCUT2D eigenvalue weighted by molar-refractivity contribution is -0.116. The zero-order chi connectivity index (χ0) is 20.2. The van der Waals surface area contributed by atoms with E-state index in [2.05, 4.69) is 39.6 Å². The molecule has 4 rings (SSSR count). The first kappa shape index (κ1) is 19.5. The molecule has 1 aromatic carbocycles. The monoisotopic (exact) mass is 422 g/mol. The molecule has 1 aliphatic heterocycles.